The Kier molecular flexibility index (Phi) is 6.49. The number of carbonyl (C=O) groups is 2. The molecule has 4 rings (SSSR count). The van der Waals surface area contributed by atoms with Gasteiger partial charge in [0, 0.05) is 35.9 Å². The molecule has 9 nitrogen and oxygen atoms in total. The van der Waals surface area contributed by atoms with Gasteiger partial charge in [0.1, 0.15) is 27.2 Å². The summed E-state index contributed by atoms with van der Waals surface area (Å²) in [7, 11) is 5.84. The zero-order valence-corrected chi connectivity index (χ0v) is 22.7. The molecule has 0 unspecified atom stereocenters. The average molecular weight is 508 g/mol. The summed E-state index contributed by atoms with van der Waals surface area (Å²) in [6.07, 6.45) is 1.28. The molecule has 3 N–H and O–H groups in total. The first-order valence-electron chi connectivity index (χ1n) is 11.9. The Morgan fingerprint density at radius 2 is 1.94 bits per heavy atom. The minimum absolute atomic E-state index is 0.0930. The Morgan fingerprint density at radius 3 is 2.56 bits per heavy atom. The van der Waals surface area contributed by atoms with Gasteiger partial charge in [-0.2, -0.15) is 5.10 Å². The molecule has 1 saturated heterocycles. The third kappa shape index (κ3) is 4.64. The zero-order chi connectivity index (χ0) is 26.6. The number of anilines is 1. The lowest BCUT2D eigenvalue weighted by Crippen LogP contribution is -2.60. The first-order chi connectivity index (χ1) is 16.7. The number of carbonyl (C=O) groups excluding carboxylic acids is 2. The van der Waals surface area contributed by atoms with Crippen LogP contribution in [0.25, 0.3) is 10.9 Å². The predicted molar refractivity (Wildman–Crippen MR) is 148 cm³/mol. The quantitative estimate of drug-likeness (QED) is 0.343. The largest absolute Gasteiger partial charge is 0.371 e. The maximum atomic E-state index is 13.1. The molecule has 2 amide bonds. The van der Waals surface area contributed by atoms with E-state index < -0.39 is 5.34 Å². The number of aromatic nitrogens is 4. The smallest absolute Gasteiger partial charge is 0.270 e. The maximum Gasteiger partial charge on any atom is 0.270 e. The van der Waals surface area contributed by atoms with E-state index in [2.05, 4.69) is 54.2 Å². The van der Waals surface area contributed by atoms with Crippen LogP contribution in [0.4, 0.5) is 5.82 Å². The Hall–Kier alpha value is -3.20. The van der Waals surface area contributed by atoms with Crippen molar-refractivity contribution in [2.75, 3.05) is 18.4 Å². The van der Waals surface area contributed by atoms with Gasteiger partial charge in [0.15, 0.2) is 5.82 Å². The van der Waals surface area contributed by atoms with Crippen LogP contribution in [0.1, 0.15) is 48.3 Å². The lowest BCUT2D eigenvalue weighted by atomic mass is 9.61. The van der Waals surface area contributed by atoms with E-state index >= 15 is 0 Å². The van der Waals surface area contributed by atoms with E-state index in [0.717, 1.165) is 16.5 Å². The van der Waals surface area contributed by atoms with E-state index in [1.165, 1.54) is 6.08 Å². The van der Waals surface area contributed by atoms with Crippen LogP contribution < -0.4 is 10.6 Å². The molecule has 0 saturated carbocycles. The minimum Gasteiger partial charge on any atom is -0.371 e. The summed E-state index contributed by atoms with van der Waals surface area (Å²) in [5.41, 5.74) is 2.88. The van der Waals surface area contributed by atoms with Crippen LogP contribution in [0.2, 0.25) is 5.02 Å². The fraction of sp³-hybridized carbons (Fsp3) is 0.417. The normalized spacial score (nSPS) is 14.6. The number of hydrogen-bond donors (Lipinski definition) is 3. The van der Waals surface area contributed by atoms with E-state index in [-0.39, 0.29) is 23.3 Å². The molecule has 3 aromatic rings. The van der Waals surface area contributed by atoms with Crippen molar-refractivity contribution < 1.29 is 9.59 Å². The molecule has 0 radical (unpaired) electrons. The molecular formula is C24H32B2ClN7O2. The van der Waals surface area contributed by atoms with Crippen molar-refractivity contribution in [3.63, 3.8) is 0 Å². The van der Waals surface area contributed by atoms with Crippen molar-refractivity contribution in [2.24, 2.45) is 7.05 Å². The molecule has 12 heteroatoms. The van der Waals surface area contributed by atoms with Crippen molar-refractivity contribution in [3.8, 4) is 0 Å². The van der Waals surface area contributed by atoms with E-state index in [1.807, 2.05) is 40.3 Å². The van der Waals surface area contributed by atoms with Crippen molar-refractivity contribution in [3.05, 3.63) is 52.6 Å². The number of imidazole rings is 1. The molecule has 0 spiro atoms. The Balaban J connectivity index is 1.57. The van der Waals surface area contributed by atoms with Crippen molar-refractivity contribution in [1.82, 2.24) is 30.0 Å². The van der Waals surface area contributed by atoms with Gasteiger partial charge in [-0.1, -0.05) is 39.0 Å². The van der Waals surface area contributed by atoms with E-state index in [1.54, 1.807) is 4.90 Å². The molecule has 3 heterocycles. The number of benzene rings is 1. The standard InChI is InChI=1S/C24H32B2ClN7O2/c1-7-18(35)34-10-13(11-34)29-21(36)19-12(2)28-22(33(19)6)24(25,26)30-20-14-8-15(23(3,4)5)16(27)9-17(14)31-32-20/h7-9,13H,1,10-11,25-26H2,2-6H3,(H,29,36)(H2,30,31,32). The summed E-state index contributed by atoms with van der Waals surface area (Å²) in [4.78, 5) is 31.1. The summed E-state index contributed by atoms with van der Waals surface area (Å²) in [6.45, 7) is 12.6. The average Bonchev–Trinajstić information content (AvgIpc) is 3.27. The Labute approximate surface area is 217 Å². The highest BCUT2D eigenvalue weighted by Crippen LogP contribution is 2.35. The number of H-pyrrole nitrogens is 1. The van der Waals surface area contributed by atoms with Crippen LogP contribution in [0, 0.1) is 6.92 Å². The summed E-state index contributed by atoms with van der Waals surface area (Å²) >= 11 is 6.54. The number of likely N-dealkylation sites (tertiary alicyclic amines) is 1. The van der Waals surface area contributed by atoms with Gasteiger partial charge in [-0.3, -0.25) is 14.7 Å². The summed E-state index contributed by atoms with van der Waals surface area (Å²) < 4.78 is 1.81. The number of nitrogens with one attached hydrogen (secondary N) is 3. The van der Waals surface area contributed by atoms with Gasteiger partial charge in [-0.25, -0.2) is 4.98 Å². The highest BCUT2D eigenvalue weighted by molar-refractivity contribution is 6.41. The van der Waals surface area contributed by atoms with Gasteiger partial charge < -0.3 is 20.1 Å². The number of aromatic amines is 1. The van der Waals surface area contributed by atoms with E-state index in [4.69, 9.17) is 16.6 Å². The van der Waals surface area contributed by atoms with Gasteiger partial charge in [-0.15, -0.1) is 0 Å². The number of amides is 2. The number of halogens is 1. The van der Waals surface area contributed by atoms with Crippen molar-refractivity contribution in [1.29, 1.82) is 0 Å². The van der Waals surface area contributed by atoms with Crippen molar-refractivity contribution in [2.45, 2.75) is 44.5 Å². The topological polar surface area (TPSA) is 108 Å². The second-order valence-corrected chi connectivity index (χ2v) is 11.4. The zero-order valence-electron chi connectivity index (χ0n) is 21.9. The number of rotatable bonds is 6. The molecule has 1 aliphatic heterocycles. The lowest BCUT2D eigenvalue weighted by Gasteiger charge is -2.38. The lowest BCUT2D eigenvalue weighted by molar-refractivity contribution is -0.130. The molecule has 0 aliphatic carbocycles. The maximum absolute atomic E-state index is 13.1. The van der Waals surface area contributed by atoms with Crippen LogP contribution in [-0.4, -0.2) is 71.3 Å². The first-order valence-corrected chi connectivity index (χ1v) is 12.3. The monoisotopic (exact) mass is 507 g/mol. The molecule has 1 fully saturated rings. The molecule has 188 valence electrons. The van der Waals surface area contributed by atoms with E-state index in [0.29, 0.717) is 41.1 Å². The molecule has 36 heavy (non-hydrogen) atoms. The van der Waals surface area contributed by atoms with Gasteiger partial charge in [0.25, 0.3) is 5.91 Å². The highest BCUT2D eigenvalue weighted by Gasteiger charge is 2.34. The molecule has 0 atom stereocenters. The van der Waals surface area contributed by atoms with Crippen molar-refractivity contribution >= 4 is 55.8 Å². The molecule has 1 aliphatic rings. The van der Waals surface area contributed by atoms with Gasteiger partial charge >= 0.3 is 0 Å². The second-order valence-electron chi connectivity index (χ2n) is 11.0. The van der Waals surface area contributed by atoms with Gasteiger partial charge in [0.05, 0.1) is 17.3 Å². The van der Waals surface area contributed by atoms with Crippen LogP contribution >= 0.6 is 11.6 Å². The molecular weight excluding hydrogens is 475 g/mol. The molecule has 1 aromatic carbocycles. The number of fused-ring (bicyclic) bond motifs is 1. The predicted octanol–water partition coefficient (Wildman–Crippen LogP) is 1.17. The van der Waals surface area contributed by atoms with Crippen LogP contribution in [0.15, 0.2) is 24.8 Å². The highest BCUT2D eigenvalue weighted by atomic mass is 35.5. The number of hydrogen-bond acceptors (Lipinski definition) is 5. The Morgan fingerprint density at radius 1 is 1.28 bits per heavy atom. The molecule has 0 bridgehead atoms. The second kappa shape index (κ2) is 9.03. The van der Waals surface area contributed by atoms with Crippen LogP contribution in [0.3, 0.4) is 0 Å². The third-order valence-corrected chi connectivity index (χ3v) is 6.95. The fourth-order valence-corrected chi connectivity index (χ4v) is 5.15. The molecule has 2 aromatic heterocycles. The Bertz CT molecular complexity index is 1370. The SMILES string of the molecule is BC(B)(Nc1n[nH]c2cc(Cl)c(C(C)(C)C)cc12)c1nc(C)c(C(=O)NC2CN(C(=O)C=C)C2)n1C. The number of nitrogens with zero attached hydrogens (tertiary/aromatic N) is 4. The summed E-state index contributed by atoms with van der Waals surface area (Å²) in [6, 6.07) is 3.88. The summed E-state index contributed by atoms with van der Waals surface area (Å²) in [5, 5.41) is 15.1. The minimum atomic E-state index is -0.647. The first kappa shape index (κ1) is 25.9. The third-order valence-electron chi connectivity index (χ3n) is 6.64. The van der Waals surface area contributed by atoms with Crippen LogP contribution in [0.5, 0.6) is 0 Å². The number of aryl methyl sites for hydroxylation is 1. The van der Waals surface area contributed by atoms with Gasteiger partial charge in [-0.05, 0) is 36.1 Å². The summed E-state index contributed by atoms with van der Waals surface area (Å²) in [5.74, 6) is 1.04. The van der Waals surface area contributed by atoms with Gasteiger partial charge in [0.2, 0.25) is 5.91 Å². The fourth-order valence-electron chi connectivity index (χ4n) is 4.70. The van der Waals surface area contributed by atoms with Crippen LogP contribution in [-0.2, 0) is 22.6 Å². The van der Waals surface area contributed by atoms with E-state index in [9.17, 15) is 9.59 Å².